The van der Waals surface area contributed by atoms with Gasteiger partial charge in [0.2, 0.25) is 5.91 Å². The van der Waals surface area contributed by atoms with E-state index < -0.39 is 0 Å². The summed E-state index contributed by atoms with van der Waals surface area (Å²) in [6.45, 7) is 4.64. The summed E-state index contributed by atoms with van der Waals surface area (Å²) in [5.74, 6) is 1.15. The molecule has 31 heavy (non-hydrogen) atoms. The van der Waals surface area contributed by atoms with E-state index in [1.54, 1.807) is 24.0 Å². The van der Waals surface area contributed by atoms with E-state index in [-0.39, 0.29) is 12.5 Å². The number of anilines is 1. The molecular weight excluding hydrogens is 443 g/mol. The lowest BCUT2D eigenvalue weighted by Crippen LogP contribution is -2.49. The van der Waals surface area contributed by atoms with Gasteiger partial charge in [-0.05, 0) is 19.1 Å². The Morgan fingerprint density at radius 1 is 1.23 bits per heavy atom. The van der Waals surface area contributed by atoms with Gasteiger partial charge in [-0.2, -0.15) is 5.10 Å². The van der Waals surface area contributed by atoms with Gasteiger partial charge in [-0.3, -0.25) is 14.9 Å². The van der Waals surface area contributed by atoms with Crippen molar-refractivity contribution in [3.8, 4) is 5.75 Å². The summed E-state index contributed by atoms with van der Waals surface area (Å²) in [6.07, 6.45) is 0. The summed E-state index contributed by atoms with van der Waals surface area (Å²) < 4.78 is 6.93. The fourth-order valence-corrected chi connectivity index (χ4v) is 3.98. The first-order valence-corrected chi connectivity index (χ1v) is 10.6. The van der Waals surface area contributed by atoms with Crippen LogP contribution in [0.1, 0.15) is 11.4 Å². The second kappa shape index (κ2) is 8.81. The molecule has 0 atom stereocenters. The fraction of sp³-hybridized carbons (Fsp3) is 0.421. The summed E-state index contributed by atoms with van der Waals surface area (Å²) in [4.78, 5) is 17.0. The zero-order valence-corrected chi connectivity index (χ0v) is 19.0. The van der Waals surface area contributed by atoms with Crippen molar-refractivity contribution in [2.24, 2.45) is 5.10 Å². The maximum absolute atomic E-state index is 12.9. The number of hydrogen-bond acceptors (Lipinski definition) is 8. The van der Waals surface area contributed by atoms with Crippen molar-refractivity contribution in [1.29, 1.82) is 0 Å². The van der Waals surface area contributed by atoms with E-state index in [4.69, 9.17) is 27.9 Å². The molecule has 0 bridgehead atoms. The maximum Gasteiger partial charge on any atom is 0.244 e. The number of hydrogen-bond donors (Lipinski definition) is 2. The van der Waals surface area contributed by atoms with Crippen LogP contribution in [0.3, 0.4) is 0 Å². The molecule has 12 heteroatoms. The highest BCUT2D eigenvalue weighted by Gasteiger charge is 2.26. The molecule has 4 rings (SSSR count). The van der Waals surface area contributed by atoms with Crippen molar-refractivity contribution < 1.29 is 9.53 Å². The first-order valence-electron chi connectivity index (χ1n) is 9.80. The van der Waals surface area contributed by atoms with Crippen molar-refractivity contribution in [3.63, 3.8) is 0 Å². The fourth-order valence-electron chi connectivity index (χ4n) is 3.56. The number of methoxy groups -OCH3 is 1. The Labute approximate surface area is 190 Å². The molecule has 1 aromatic carbocycles. The molecule has 2 aromatic rings. The van der Waals surface area contributed by atoms with Gasteiger partial charge in [0.15, 0.2) is 5.84 Å². The number of rotatable bonds is 5. The SMILES string of the molecule is COc1cc(N2CCN(C(=O)Cn3nc(C4=NNN(C)N4)c(Cl)c3C)CC2)ccc1Cl. The van der Waals surface area contributed by atoms with Gasteiger partial charge in [-0.1, -0.05) is 23.2 Å². The Bertz CT molecular complexity index is 1020. The molecule has 2 N–H and O–H groups in total. The van der Waals surface area contributed by atoms with Gasteiger partial charge in [0, 0.05) is 45.0 Å². The lowest BCUT2D eigenvalue weighted by atomic mass is 10.2. The third kappa shape index (κ3) is 4.36. The summed E-state index contributed by atoms with van der Waals surface area (Å²) >= 11 is 12.6. The van der Waals surface area contributed by atoms with E-state index in [1.807, 2.05) is 30.0 Å². The van der Waals surface area contributed by atoms with Crippen LogP contribution in [-0.4, -0.2) is 71.9 Å². The number of nitrogens with zero attached hydrogens (tertiary/aromatic N) is 6. The molecule has 2 aliphatic heterocycles. The first-order chi connectivity index (χ1) is 14.9. The molecule has 10 nitrogen and oxygen atoms in total. The van der Waals surface area contributed by atoms with Crippen LogP contribution in [-0.2, 0) is 11.3 Å². The van der Waals surface area contributed by atoms with Crippen molar-refractivity contribution in [2.45, 2.75) is 13.5 Å². The predicted molar refractivity (Wildman–Crippen MR) is 119 cm³/mol. The minimum Gasteiger partial charge on any atom is -0.495 e. The van der Waals surface area contributed by atoms with Crippen molar-refractivity contribution >= 4 is 40.6 Å². The second-order valence-corrected chi connectivity index (χ2v) is 8.11. The second-order valence-electron chi connectivity index (χ2n) is 7.32. The molecule has 1 fully saturated rings. The minimum absolute atomic E-state index is 0.00119. The average molecular weight is 467 g/mol. The van der Waals surface area contributed by atoms with Gasteiger partial charge in [0.05, 0.1) is 22.8 Å². The van der Waals surface area contributed by atoms with Crippen LogP contribution >= 0.6 is 23.2 Å². The van der Waals surface area contributed by atoms with Crippen LogP contribution < -0.4 is 20.6 Å². The number of aromatic nitrogens is 2. The summed E-state index contributed by atoms with van der Waals surface area (Å²) in [7, 11) is 3.37. The third-order valence-electron chi connectivity index (χ3n) is 5.36. The molecule has 0 saturated carbocycles. The molecule has 0 radical (unpaired) electrons. The number of nitrogens with one attached hydrogen (secondary N) is 2. The van der Waals surface area contributed by atoms with Crippen molar-refractivity contribution in [1.82, 2.24) is 30.8 Å². The zero-order chi connectivity index (χ0) is 22.1. The molecular formula is C19H24Cl2N8O2. The number of amidine groups is 1. The van der Waals surface area contributed by atoms with E-state index in [2.05, 4.69) is 26.1 Å². The van der Waals surface area contributed by atoms with E-state index in [1.165, 1.54) is 0 Å². The number of piperazine rings is 1. The minimum atomic E-state index is -0.00119. The van der Waals surface area contributed by atoms with Crippen LogP contribution in [0.5, 0.6) is 5.75 Å². The average Bonchev–Trinajstić information content (AvgIpc) is 3.32. The summed E-state index contributed by atoms with van der Waals surface area (Å²) in [6, 6.07) is 5.71. The molecule has 1 saturated heterocycles. The predicted octanol–water partition coefficient (Wildman–Crippen LogP) is 1.47. The standard InChI is InChI=1S/C19H24Cl2N8O2/c1-12-17(21)18(19-22-25-26(2)24-19)23-29(12)11-16(30)28-8-6-27(7-9-28)13-4-5-14(20)15(10-13)31-3/h4-5,10,25H,6-9,11H2,1-3H3,(H,22,24). The highest BCUT2D eigenvalue weighted by Crippen LogP contribution is 2.30. The van der Waals surface area contributed by atoms with Crippen molar-refractivity contribution in [2.75, 3.05) is 45.2 Å². The number of carbonyl (C=O) groups excluding carboxylic acids is 1. The Morgan fingerprint density at radius 2 is 1.97 bits per heavy atom. The van der Waals surface area contributed by atoms with E-state index >= 15 is 0 Å². The largest absolute Gasteiger partial charge is 0.495 e. The topological polar surface area (TPSA) is 90.3 Å². The molecule has 1 amide bonds. The molecule has 3 heterocycles. The Kier molecular flexibility index (Phi) is 6.12. The maximum atomic E-state index is 12.9. The number of amides is 1. The number of benzene rings is 1. The molecule has 2 aliphatic rings. The highest BCUT2D eigenvalue weighted by molar-refractivity contribution is 6.34. The smallest absolute Gasteiger partial charge is 0.244 e. The quantitative estimate of drug-likeness (QED) is 0.689. The number of carbonyl (C=O) groups is 1. The third-order valence-corrected chi connectivity index (χ3v) is 6.13. The first kappa shape index (κ1) is 21.5. The number of hydrazine groups is 2. The normalized spacial score (nSPS) is 16.7. The number of hydrazone groups is 1. The van der Waals surface area contributed by atoms with E-state index in [0.717, 1.165) is 24.5 Å². The van der Waals surface area contributed by atoms with Gasteiger partial charge in [-0.15, -0.1) is 10.2 Å². The molecule has 0 unspecified atom stereocenters. The van der Waals surface area contributed by atoms with Crippen LogP contribution in [0.15, 0.2) is 23.3 Å². The van der Waals surface area contributed by atoms with Crippen LogP contribution in [0.25, 0.3) is 0 Å². The Balaban J connectivity index is 1.39. The molecule has 0 spiro atoms. The summed E-state index contributed by atoms with van der Waals surface area (Å²) in [5.41, 5.74) is 7.99. The number of ether oxygens (including phenoxy) is 1. The van der Waals surface area contributed by atoms with Crippen LogP contribution in [0.4, 0.5) is 5.69 Å². The summed E-state index contributed by atoms with van der Waals surface area (Å²) in [5, 5.41) is 11.3. The van der Waals surface area contributed by atoms with Crippen LogP contribution in [0.2, 0.25) is 10.0 Å². The van der Waals surface area contributed by atoms with E-state index in [0.29, 0.717) is 40.4 Å². The van der Waals surface area contributed by atoms with Crippen molar-refractivity contribution in [3.05, 3.63) is 39.6 Å². The van der Waals surface area contributed by atoms with Gasteiger partial charge >= 0.3 is 0 Å². The molecule has 1 aromatic heterocycles. The lowest BCUT2D eigenvalue weighted by Gasteiger charge is -2.36. The monoisotopic (exact) mass is 466 g/mol. The van der Waals surface area contributed by atoms with Gasteiger partial charge in [0.25, 0.3) is 0 Å². The van der Waals surface area contributed by atoms with E-state index in [9.17, 15) is 4.79 Å². The van der Waals surface area contributed by atoms with Gasteiger partial charge < -0.3 is 14.5 Å². The zero-order valence-electron chi connectivity index (χ0n) is 17.5. The highest BCUT2D eigenvalue weighted by atomic mass is 35.5. The molecule has 166 valence electrons. The lowest BCUT2D eigenvalue weighted by molar-refractivity contribution is -0.132. The number of halogens is 2. The van der Waals surface area contributed by atoms with Gasteiger partial charge in [0.1, 0.15) is 18.0 Å². The Morgan fingerprint density at radius 3 is 2.61 bits per heavy atom. The van der Waals surface area contributed by atoms with Gasteiger partial charge in [-0.25, -0.2) is 5.53 Å². The molecule has 0 aliphatic carbocycles. The van der Waals surface area contributed by atoms with Crippen LogP contribution in [0, 0.1) is 6.92 Å². The Hall–Kier alpha value is -2.69.